The van der Waals surface area contributed by atoms with Gasteiger partial charge < -0.3 is 0 Å². The molecule has 0 saturated carbocycles. The second kappa shape index (κ2) is 8.65. The standard InChI is InChI=1S/C22H34N2.Pd/c1-10-11-19-21(22(13(2)3)24(23-19)14(4)5)20-17(8)15(6)12-16(7)18(20)9;/h12-14H,10-11H2,1-9H3;. The van der Waals surface area contributed by atoms with Crippen molar-refractivity contribution in [1.29, 1.82) is 0 Å². The van der Waals surface area contributed by atoms with Gasteiger partial charge in [-0.1, -0.05) is 33.3 Å². The second-order valence-corrected chi connectivity index (χ2v) is 7.79. The summed E-state index contributed by atoms with van der Waals surface area (Å²) in [5, 5.41) is 5.06. The predicted molar refractivity (Wildman–Crippen MR) is 105 cm³/mol. The molecule has 2 aromatic rings. The minimum Gasteiger partial charge on any atom is -0.266 e. The van der Waals surface area contributed by atoms with E-state index in [4.69, 9.17) is 5.10 Å². The summed E-state index contributed by atoms with van der Waals surface area (Å²) in [7, 11) is 0. The third kappa shape index (κ3) is 4.09. The van der Waals surface area contributed by atoms with E-state index < -0.39 is 0 Å². The van der Waals surface area contributed by atoms with E-state index in [1.165, 1.54) is 44.8 Å². The first-order valence-corrected chi connectivity index (χ1v) is 9.39. The number of hydrogen-bond donors (Lipinski definition) is 0. The Hall–Kier alpha value is -0.908. The Labute approximate surface area is 168 Å². The van der Waals surface area contributed by atoms with Gasteiger partial charge in [0.1, 0.15) is 0 Å². The minimum absolute atomic E-state index is 0. The average Bonchev–Trinajstić information content (AvgIpc) is 2.86. The van der Waals surface area contributed by atoms with E-state index in [-0.39, 0.29) is 20.4 Å². The SMILES string of the molecule is CCCc1nn(C(C)C)c(C(C)C)c1-c1c(C)c(C)cc(C)c1C.[Pd]. The molecule has 1 aromatic heterocycles. The molecule has 0 atom stereocenters. The van der Waals surface area contributed by atoms with E-state index in [0.29, 0.717) is 12.0 Å². The minimum atomic E-state index is 0. The van der Waals surface area contributed by atoms with Crippen molar-refractivity contribution in [2.75, 3.05) is 0 Å². The molecule has 0 aliphatic carbocycles. The molecule has 0 radical (unpaired) electrons. The van der Waals surface area contributed by atoms with Crippen molar-refractivity contribution in [3.63, 3.8) is 0 Å². The van der Waals surface area contributed by atoms with Gasteiger partial charge in [-0.05, 0) is 81.7 Å². The topological polar surface area (TPSA) is 17.8 Å². The van der Waals surface area contributed by atoms with Gasteiger partial charge in [0.15, 0.2) is 0 Å². The molecule has 0 bridgehead atoms. The fourth-order valence-electron chi connectivity index (χ4n) is 3.72. The van der Waals surface area contributed by atoms with Crippen molar-refractivity contribution in [3.05, 3.63) is 39.7 Å². The van der Waals surface area contributed by atoms with Gasteiger partial charge in [0.25, 0.3) is 0 Å². The molecular weight excluding hydrogens is 399 g/mol. The van der Waals surface area contributed by atoms with E-state index in [9.17, 15) is 0 Å². The number of nitrogens with zero attached hydrogens (tertiary/aromatic N) is 2. The molecule has 0 aliphatic rings. The Balaban J connectivity index is 0.00000312. The molecule has 0 spiro atoms. The van der Waals surface area contributed by atoms with Gasteiger partial charge in [-0.2, -0.15) is 5.10 Å². The molecule has 0 amide bonds. The molecule has 25 heavy (non-hydrogen) atoms. The van der Waals surface area contributed by atoms with Crippen LogP contribution in [-0.4, -0.2) is 9.78 Å². The zero-order chi connectivity index (χ0) is 18.2. The fraction of sp³-hybridized carbons (Fsp3) is 0.591. The van der Waals surface area contributed by atoms with E-state index in [1.54, 1.807) is 0 Å². The molecule has 142 valence electrons. The van der Waals surface area contributed by atoms with E-state index in [0.717, 1.165) is 12.8 Å². The van der Waals surface area contributed by atoms with Gasteiger partial charge in [0, 0.05) is 37.7 Å². The molecular formula is C22H34N2Pd. The smallest absolute Gasteiger partial charge is 0.0706 e. The Morgan fingerprint density at radius 2 is 1.44 bits per heavy atom. The van der Waals surface area contributed by atoms with Crippen LogP contribution in [0.2, 0.25) is 0 Å². The molecule has 2 rings (SSSR count). The molecule has 0 aliphatic heterocycles. The molecule has 0 saturated heterocycles. The molecule has 0 N–H and O–H groups in total. The van der Waals surface area contributed by atoms with Gasteiger partial charge in [-0.3, -0.25) is 4.68 Å². The summed E-state index contributed by atoms with van der Waals surface area (Å²) in [6, 6.07) is 2.70. The summed E-state index contributed by atoms with van der Waals surface area (Å²) >= 11 is 0. The number of benzene rings is 1. The van der Waals surface area contributed by atoms with Crippen LogP contribution in [0, 0.1) is 27.7 Å². The van der Waals surface area contributed by atoms with Crippen molar-refractivity contribution in [2.45, 2.75) is 87.1 Å². The maximum absolute atomic E-state index is 5.06. The maximum atomic E-state index is 5.06. The first kappa shape index (κ1) is 22.1. The van der Waals surface area contributed by atoms with Crippen molar-refractivity contribution < 1.29 is 20.4 Å². The van der Waals surface area contributed by atoms with Crippen molar-refractivity contribution in [2.24, 2.45) is 0 Å². The van der Waals surface area contributed by atoms with Crippen molar-refractivity contribution in [3.8, 4) is 11.1 Å². The number of aryl methyl sites for hydroxylation is 3. The fourth-order valence-corrected chi connectivity index (χ4v) is 3.72. The molecule has 1 heterocycles. The first-order chi connectivity index (χ1) is 11.2. The predicted octanol–water partition coefficient (Wildman–Crippen LogP) is 6.44. The zero-order valence-electron chi connectivity index (χ0n) is 17.4. The normalized spacial score (nSPS) is 11.3. The second-order valence-electron chi connectivity index (χ2n) is 7.79. The third-order valence-corrected chi connectivity index (χ3v) is 5.16. The number of aromatic nitrogens is 2. The van der Waals surface area contributed by atoms with Crippen LogP contribution in [-0.2, 0) is 26.8 Å². The van der Waals surface area contributed by atoms with Crippen LogP contribution < -0.4 is 0 Å². The van der Waals surface area contributed by atoms with Crippen LogP contribution in [0.4, 0.5) is 0 Å². The molecule has 1 aromatic carbocycles. The van der Waals surface area contributed by atoms with E-state index >= 15 is 0 Å². The van der Waals surface area contributed by atoms with Crippen molar-refractivity contribution in [1.82, 2.24) is 9.78 Å². The average molecular weight is 433 g/mol. The van der Waals surface area contributed by atoms with E-state index in [2.05, 4.69) is 73.1 Å². The van der Waals surface area contributed by atoms with Gasteiger partial charge in [-0.25, -0.2) is 0 Å². The molecule has 0 fully saturated rings. The Morgan fingerprint density at radius 3 is 1.84 bits per heavy atom. The summed E-state index contributed by atoms with van der Waals surface area (Å²) in [5.74, 6) is 0.458. The van der Waals surface area contributed by atoms with Crippen LogP contribution in [0.15, 0.2) is 6.07 Å². The molecule has 0 unspecified atom stereocenters. The molecule has 3 heteroatoms. The summed E-state index contributed by atoms with van der Waals surface area (Å²) in [4.78, 5) is 0. The monoisotopic (exact) mass is 432 g/mol. The van der Waals surface area contributed by atoms with Gasteiger partial charge >= 0.3 is 0 Å². The van der Waals surface area contributed by atoms with Crippen LogP contribution in [0.25, 0.3) is 11.1 Å². The maximum Gasteiger partial charge on any atom is 0.0706 e. The van der Waals surface area contributed by atoms with Crippen LogP contribution in [0.1, 0.15) is 86.6 Å². The number of rotatable bonds is 5. The zero-order valence-corrected chi connectivity index (χ0v) is 18.9. The number of hydrogen-bond acceptors (Lipinski definition) is 1. The van der Waals surface area contributed by atoms with E-state index in [1.807, 2.05) is 0 Å². The van der Waals surface area contributed by atoms with Crippen LogP contribution >= 0.6 is 0 Å². The summed E-state index contributed by atoms with van der Waals surface area (Å²) in [5.41, 5.74) is 11.1. The van der Waals surface area contributed by atoms with Crippen LogP contribution in [0.5, 0.6) is 0 Å². The largest absolute Gasteiger partial charge is 0.266 e. The Morgan fingerprint density at radius 1 is 0.920 bits per heavy atom. The van der Waals surface area contributed by atoms with Crippen molar-refractivity contribution >= 4 is 0 Å². The molecule has 2 nitrogen and oxygen atoms in total. The summed E-state index contributed by atoms with van der Waals surface area (Å²) in [6.07, 6.45) is 2.17. The van der Waals surface area contributed by atoms with Gasteiger partial charge in [0.2, 0.25) is 0 Å². The summed E-state index contributed by atoms with van der Waals surface area (Å²) < 4.78 is 2.27. The summed E-state index contributed by atoms with van der Waals surface area (Å²) in [6.45, 7) is 20.3. The van der Waals surface area contributed by atoms with Crippen LogP contribution in [0.3, 0.4) is 0 Å². The van der Waals surface area contributed by atoms with Gasteiger partial charge in [0.05, 0.1) is 5.69 Å². The van der Waals surface area contributed by atoms with Gasteiger partial charge in [-0.15, -0.1) is 0 Å². The first-order valence-electron chi connectivity index (χ1n) is 9.39. The Kier molecular flexibility index (Phi) is 7.66. The quantitative estimate of drug-likeness (QED) is 0.497. The Bertz CT molecular complexity index is 713. The third-order valence-electron chi connectivity index (χ3n) is 5.16.